The number of nitrogens with two attached hydrogens (primary N) is 1. The van der Waals surface area contributed by atoms with Crippen LogP contribution < -0.4 is 10.5 Å². The minimum absolute atomic E-state index is 0.159. The number of nitrogens with one attached hydrogen (secondary N) is 1. The van der Waals surface area contributed by atoms with Crippen molar-refractivity contribution < 1.29 is 12.8 Å². The number of nitrogen functional groups attached to an aromatic ring is 1. The molecule has 1 aromatic carbocycles. The quantitative estimate of drug-likeness (QED) is 0.660. The molecular formula is C11H9BrFN3O2S. The lowest BCUT2D eigenvalue weighted by Gasteiger charge is -2.10. The van der Waals surface area contributed by atoms with Crippen LogP contribution in [-0.4, -0.2) is 13.4 Å². The van der Waals surface area contributed by atoms with Crippen LogP contribution in [0.3, 0.4) is 0 Å². The topological polar surface area (TPSA) is 85.1 Å². The highest BCUT2D eigenvalue weighted by molar-refractivity contribution is 9.10. The zero-order valence-electron chi connectivity index (χ0n) is 9.47. The molecule has 0 aliphatic heterocycles. The third kappa shape index (κ3) is 3.02. The Morgan fingerprint density at radius 2 is 2.05 bits per heavy atom. The van der Waals surface area contributed by atoms with E-state index in [2.05, 4.69) is 25.6 Å². The van der Waals surface area contributed by atoms with E-state index in [-0.39, 0.29) is 11.4 Å². The molecule has 19 heavy (non-hydrogen) atoms. The van der Waals surface area contributed by atoms with Crippen molar-refractivity contribution in [3.05, 3.63) is 46.9 Å². The molecule has 2 aromatic rings. The third-order valence-electron chi connectivity index (χ3n) is 2.25. The second-order valence-corrected chi connectivity index (χ2v) is 6.04. The Kier molecular flexibility index (Phi) is 3.72. The van der Waals surface area contributed by atoms with Gasteiger partial charge in [0.25, 0.3) is 10.0 Å². The van der Waals surface area contributed by atoms with Gasteiger partial charge in [-0.2, -0.15) is 0 Å². The molecule has 0 unspecified atom stereocenters. The maximum absolute atomic E-state index is 13.6. The second kappa shape index (κ2) is 5.14. The van der Waals surface area contributed by atoms with Crippen LogP contribution in [0.25, 0.3) is 0 Å². The number of hydrogen-bond donors (Lipinski definition) is 2. The van der Waals surface area contributed by atoms with Crippen LogP contribution in [0.15, 0.2) is 46.0 Å². The van der Waals surface area contributed by atoms with Gasteiger partial charge in [-0.3, -0.25) is 4.72 Å². The fraction of sp³-hybridized carbons (Fsp3) is 0. The van der Waals surface area contributed by atoms with Gasteiger partial charge in [0.05, 0.1) is 5.69 Å². The zero-order chi connectivity index (χ0) is 14.0. The van der Waals surface area contributed by atoms with Gasteiger partial charge in [0.1, 0.15) is 15.3 Å². The zero-order valence-corrected chi connectivity index (χ0v) is 11.9. The van der Waals surface area contributed by atoms with E-state index in [1.54, 1.807) is 6.07 Å². The Morgan fingerprint density at radius 1 is 1.32 bits per heavy atom. The van der Waals surface area contributed by atoms with Crippen LogP contribution in [0.5, 0.6) is 0 Å². The van der Waals surface area contributed by atoms with E-state index < -0.39 is 20.7 Å². The molecule has 1 aromatic heterocycles. The molecule has 0 amide bonds. The molecule has 5 nitrogen and oxygen atoms in total. The van der Waals surface area contributed by atoms with Gasteiger partial charge in [-0.05, 0) is 46.3 Å². The van der Waals surface area contributed by atoms with Crippen LogP contribution >= 0.6 is 15.9 Å². The number of benzene rings is 1. The minimum atomic E-state index is -4.06. The molecule has 0 radical (unpaired) electrons. The third-order valence-corrected chi connectivity index (χ3v) is 4.26. The highest BCUT2D eigenvalue weighted by atomic mass is 79.9. The maximum Gasteiger partial charge on any atom is 0.264 e. The van der Waals surface area contributed by atoms with Crippen molar-refractivity contribution in [3.63, 3.8) is 0 Å². The standard InChI is InChI=1S/C11H9BrFN3O2S/c12-11-9(2-1-5-15-11)16-19(17,18)10-6-7(14)3-4-8(10)13/h1-6,16H,14H2. The van der Waals surface area contributed by atoms with E-state index in [4.69, 9.17) is 5.73 Å². The van der Waals surface area contributed by atoms with Gasteiger partial charge in [0.2, 0.25) is 0 Å². The summed E-state index contributed by atoms with van der Waals surface area (Å²) in [5, 5.41) is 0. The van der Waals surface area contributed by atoms with E-state index in [9.17, 15) is 12.8 Å². The number of anilines is 2. The molecule has 2 rings (SSSR count). The number of sulfonamides is 1. The molecular weight excluding hydrogens is 337 g/mol. The van der Waals surface area contributed by atoms with E-state index >= 15 is 0 Å². The van der Waals surface area contributed by atoms with Gasteiger partial charge in [-0.15, -0.1) is 0 Å². The lowest BCUT2D eigenvalue weighted by Crippen LogP contribution is -2.15. The van der Waals surface area contributed by atoms with Crippen LogP contribution in [0.2, 0.25) is 0 Å². The van der Waals surface area contributed by atoms with Crippen molar-refractivity contribution >= 4 is 37.3 Å². The van der Waals surface area contributed by atoms with Gasteiger partial charge in [-0.1, -0.05) is 0 Å². The largest absolute Gasteiger partial charge is 0.399 e. The molecule has 0 spiro atoms. The second-order valence-electron chi connectivity index (χ2n) is 3.64. The Labute approximate surface area is 117 Å². The van der Waals surface area contributed by atoms with Crippen LogP contribution in [-0.2, 0) is 10.0 Å². The summed E-state index contributed by atoms with van der Waals surface area (Å²) in [6.45, 7) is 0. The molecule has 0 atom stereocenters. The first kappa shape index (κ1) is 13.8. The maximum atomic E-state index is 13.6. The molecule has 0 fully saturated rings. The van der Waals surface area contributed by atoms with Gasteiger partial charge in [-0.25, -0.2) is 17.8 Å². The Hall–Kier alpha value is -1.67. The van der Waals surface area contributed by atoms with Crippen LogP contribution in [0.4, 0.5) is 15.8 Å². The van der Waals surface area contributed by atoms with Crippen molar-refractivity contribution in [2.45, 2.75) is 4.90 Å². The predicted molar refractivity (Wildman–Crippen MR) is 73.6 cm³/mol. The Bertz CT molecular complexity index is 722. The molecule has 0 saturated heterocycles. The normalized spacial score (nSPS) is 11.3. The Morgan fingerprint density at radius 3 is 2.74 bits per heavy atom. The lowest BCUT2D eigenvalue weighted by atomic mass is 10.3. The highest BCUT2D eigenvalue weighted by Gasteiger charge is 2.20. The van der Waals surface area contributed by atoms with E-state index in [0.717, 1.165) is 12.1 Å². The van der Waals surface area contributed by atoms with Crippen molar-refractivity contribution in [2.75, 3.05) is 10.5 Å². The summed E-state index contributed by atoms with van der Waals surface area (Å²) < 4.78 is 40.3. The highest BCUT2D eigenvalue weighted by Crippen LogP contribution is 2.24. The van der Waals surface area contributed by atoms with Gasteiger partial charge >= 0.3 is 0 Å². The predicted octanol–water partition coefficient (Wildman–Crippen LogP) is 2.37. The average molecular weight is 346 g/mol. The first-order valence-electron chi connectivity index (χ1n) is 5.08. The SMILES string of the molecule is Nc1ccc(F)c(S(=O)(=O)Nc2cccnc2Br)c1. The summed E-state index contributed by atoms with van der Waals surface area (Å²) in [5.74, 6) is -0.873. The van der Waals surface area contributed by atoms with Gasteiger partial charge in [0.15, 0.2) is 0 Å². The summed E-state index contributed by atoms with van der Waals surface area (Å²) in [5.41, 5.74) is 5.84. The molecule has 0 aliphatic carbocycles. The number of halogens is 2. The molecule has 8 heteroatoms. The number of nitrogens with zero attached hydrogens (tertiary/aromatic N) is 1. The average Bonchev–Trinajstić information content (AvgIpc) is 2.35. The summed E-state index contributed by atoms with van der Waals surface area (Å²) >= 11 is 3.10. The first-order valence-corrected chi connectivity index (χ1v) is 7.36. The first-order chi connectivity index (χ1) is 8.90. The number of pyridine rings is 1. The monoisotopic (exact) mass is 345 g/mol. The molecule has 1 heterocycles. The smallest absolute Gasteiger partial charge is 0.264 e. The fourth-order valence-electron chi connectivity index (χ4n) is 1.39. The lowest BCUT2D eigenvalue weighted by molar-refractivity contribution is 0.570. The summed E-state index contributed by atoms with van der Waals surface area (Å²) in [7, 11) is -4.06. The van der Waals surface area contributed by atoms with Crippen molar-refractivity contribution in [3.8, 4) is 0 Å². The van der Waals surface area contributed by atoms with Crippen molar-refractivity contribution in [1.82, 2.24) is 4.98 Å². The molecule has 3 N–H and O–H groups in total. The number of hydrogen-bond acceptors (Lipinski definition) is 4. The molecule has 0 aliphatic rings. The number of rotatable bonds is 3. The van der Waals surface area contributed by atoms with Crippen molar-refractivity contribution in [2.24, 2.45) is 0 Å². The summed E-state index contributed by atoms with van der Waals surface area (Å²) in [6, 6.07) is 6.40. The van der Waals surface area contributed by atoms with Crippen LogP contribution in [0, 0.1) is 5.82 Å². The summed E-state index contributed by atoms with van der Waals surface area (Å²) in [4.78, 5) is 3.36. The van der Waals surface area contributed by atoms with Gasteiger partial charge < -0.3 is 5.73 Å². The number of aromatic nitrogens is 1. The van der Waals surface area contributed by atoms with E-state index in [1.807, 2.05) is 0 Å². The van der Waals surface area contributed by atoms with E-state index in [1.165, 1.54) is 18.3 Å². The Balaban J connectivity index is 2.44. The molecule has 0 saturated carbocycles. The molecule has 100 valence electrons. The fourth-order valence-corrected chi connectivity index (χ4v) is 3.05. The van der Waals surface area contributed by atoms with E-state index in [0.29, 0.717) is 4.60 Å². The summed E-state index contributed by atoms with van der Waals surface area (Å²) in [6.07, 6.45) is 1.49. The minimum Gasteiger partial charge on any atom is -0.399 e. The van der Waals surface area contributed by atoms with Gasteiger partial charge in [0, 0.05) is 11.9 Å². The van der Waals surface area contributed by atoms with Crippen LogP contribution in [0.1, 0.15) is 0 Å². The van der Waals surface area contributed by atoms with Crippen molar-refractivity contribution in [1.29, 1.82) is 0 Å². The molecule has 0 bridgehead atoms.